The van der Waals surface area contributed by atoms with Crippen LogP contribution in [0.4, 0.5) is 27.8 Å². The molecule has 2 bridgehead atoms. The lowest BCUT2D eigenvalue weighted by atomic mass is 9.66. The number of anilines is 1. The maximum absolute atomic E-state index is 13.4. The third-order valence-corrected chi connectivity index (χ3v) is 8.55. The second-order valence-corrected chi connectivity index (χ2v) is 10.9. The molecule has 1 aliphatic heterocycles. The lowest BCUT2D eigenvalue weighted by molar-refractivity contribution is -0.137. The molecule has 10 heteroatoms. The SMILES string of the molecule is Oc1cc(C(F)(F)F)ccc1-c1nnc(N[C@@H]2CCCN(C3CC(F)(F)C3)C2)c2c1C1CCC2CC1. The molecule has 194 valence electrons. The van der Waals surface area contributed by atoms with E-state index in [9.17, 15) is 27.1 Å². The quantitative estimate of drug-likeness (QED) is 0.475. The second kappa shape index (κ2) is 8.53. The molecule has 5 nitrogen and oxygen atoms in total. The molecule has 0 spiro atoms. The van der Waals surface area contributed by atoms with Crippen LogP contribution >= 0.6 is 0 Å². The Bertz CT molecular complexity index is 1150. The molecule has 2 saturated carbocycles. The zero-order chi connectivity index (χ0) is 25.2. The summed E-state index contributed by atoms with van der Waals surface area (Å²) in [7, 11) is 0. The minimum Gasteiger partial charge on any atom is -0.507 e. The number of hydrogen-bond acceptors (Lipinski definition) is 5. The van der Waals surface area contributed by atoms with Crippen molar-refractivity contribution < 1.29 is 27.1 Å². The van der Waals surface area contributed by atoms with Crippen LogP contribution in [0.5, 0.6) is 5.75 Å². The molecule has 7 rings (SSSR count). The molecule has 1 aromatic carbocycles. The van der Waals surface area contributed by atoms with Gasteiger partial charge in [-0.3, -0.25) is 4.90 Å². The molecule has 0 amide bonds. The van der Waals surface area contributed by atoms with Gasteiger partial charge in [-0.25, -0.2) is 8.78 Å². The summed E-state index contributed by atoms with van der Waals surface area (Å²) in [5.41, 5.74) is 1.86. The molecule has 2 aromatic rings. The first kappa shape index (κ1) is 23.9. The number of aromatic hydroxyl groups is 1. The molecule has 0 unspecified atom stereocenters. The fourth-order valence-electron chi connectivity index (χ4n) is 6.71. The third-order valence-electron chi connectivity index (χ3n) is 8.55. The van der Waals surface area contributed by atoms with E-state index in [1.54, 1.807) is 0 Å². The van der Waals surface area contributed by atoms with Crippen molar-refractivity contribution in [3.05, 3.63) is 34.9 Å². The number of benzene rings is 1. The molecule has 36 heavy (non-hydrogen) atoms. The number of nitrogens with one attached hydrogen (secondary N) is 1. The number of aromatic nitrogens is 2. The van der Waals surface area contributed by atoms with Gasteiger partial charge in [-0.15, -0.1) is 10.2 Å². The van der Waals surface area contributed by atoms with Gasteiger partial charge in [0.15, 0.2) is 5.82 Å². The van der Waals surface area contributed by atoms with Gasteiger partial charge < -0.3 is 10.4 Å². The van der Waals surface area contributed by atoms with Gasteiger partial charge in [-0.1, -0.05) is 0 Å². The molecular formula is C26H29F5N4O. The zero-order valence-corrected chi connectivity index (χ0v) is 19.8. The van der Waals surface area contributed by atoms with E-state index in [0.717, 1.165) is 68.3 Å². The molecule has 1 saturated heterocycles. The Morgan fingerprint density at radius 3 is 2.31 bits per heavy atom. The Morgan fingerprint density at radius 1 is 0.972 bits per heavy atom. The van der Waals surface area contributed by atoms with Crippen LogP contribution in [0, 0.1) is 0 Å². The maximum atomic E-state index is 13.4. The van der Waals surface area contributed by atoms with Crippen molar-refractivity contribution in [2.75, 3.05) is 18.4 Å². The van der Waals surface area contributed by atoms with Crippen LogP contribution in [0.15, 0.2) is 18.2 Å². The fourth-order valence-corrected chi connectivity index (χ4v) is 6.71. The predicted molar refractivity (Wildman–Crippen MR) is 124 cm³/mol. The topological polar surface area (TPSA) is 61.3 Å². The van der Waals surface area contributed by atoms with E-state index in [-0.39, 0.29) is 42.3 Å². The Labute approximate surface area is 206 Å². The first-order valence-electron chi connectivity index (χ1n) is 12.8. The zero-order valence-electron chi connectivity index (χ0n) is 19.8. The molecule has 1 aromatic heterocycles. The Balaban J connectivity index is 1.31. The van der Waals surface area contributed by atoms with Crippen LogP contribution in [0.25, 0.3) is 11.3 Å². The van der Waals surface area contributed by atoms with Crippen molar-refractivity contribution in [1.29, 1.82) is 0 Å². The molecule has 2 heterocycles. The number of fused-ring (bicyclic) bond motifs is 2. The average Bonchev–Trinajstić information content (AvgIpc) is 2.83. The van der Waals surface area contributed by atoms with E-state index in [2.05, 4.69) is 20.4 Å². The van der Waals surface area contributed by atoms with Crippen LogP contribution < -0.4 is 5.32 Å². The van der Waals surface area contributed by atoms with Crippen LogP contribution in [-0.2, 0) is 6.18 Å². The summed E-state index contributed by atoms with van der Waals surface area (Å²) in [6, 6.07) is 2.99. The van der Waals surface area contributed by atoms with E-state index in [1.165, 1.54) is 6.07 Å². The summed E-state index contributed by atoms with van der Waals surface area (Å²) >= 11 is 0. The number of nitrogens with zero attached hydrogens (tertiary/aromatic N) is 3. The Hall–Kier alpha value is -2.49. The van der Waals surface area contributed by atoms with Crippen molar-refractivity contribution in [3.8, 4) is 17.0 Å². The minimum atomic E-state index is -4.54. The number of likely N-dealkylation sites (tertiary alicyclic amines) is 1. The molecule has 0 radical (unpaired) electrons. The number of phenols is 1. The number of phenolic OH excluding ortho intramolecular Hbond substituents is 1. The number of rotatable bonds is 4. The molecule has 1 atom stereocenters. The summed E-state index contributed by atoms with van der Waals surface area (Å²) in [6.45, 7) is 1.49. The number of alkyl halides is 5. The van der Waals surface area contributed by atoms with Crippen molar-refractivity contribution in [2.24, 2.45) is 0 Å². The van der Waals surface area contributed by atoms with E-state index in [4.69, 9.17) is 0 Å². The number of hydrogen-bond donors (Lipinski definition) is 2. The highest BCUT2D eigenvalue weighted by molar-refractivity contribution is 5.74. The van der Waals surface area contributed by atoms with Crippen molar-refractivity contribution >= 4 is 5.82 Å². The van der Waals surface area contributed by atoms with E-state index in [1.807, 2.05) is 0 Å². The highest BCUT2D eigenvalue weighted by Crippen LogP contribution is 2.54. The van der Waals surface area contributed by atoms with Crippen molar-refractivity contribution in [1.82, 2.24) is 15.1 Å². The Morgan fingerprint density at radius 2 is 1.67 bits per heavy atom. The molecule has 3 fully saturated rings. The molecule has 2 N–H and O–H groups in total. The predicted octanol–water partition coefficient (Wildman–Crippen LogP) is 6.30. The van der Waals surface area contributed by atoms with Gasteiger partial charge in [0.2, 0.25) is 0 Å². The number of halogens is 5. The third kappa shape index (κ3) is 4.21. The largest absolute Gasteiger partial charge is 0.507 e. The van der Waals surface area contributed by atoms with E-state index >= 15 is 0 Å². The van der Waals surface area contributed by atoms with Gasteiger partial charge in [-0.2, -0.15) is 13.2 Å². The molecule has 4 aliphatic carbocycles. The second-order valence-electron chi connectivity index (χ2n) is 10.9. The summed E-state index contributed by atoms with van der Waals surface area (Å²) < 4.78 is 66.2. The number of piperidine rings is 1. The van der Waals surface area contributed by atoms with Gasteiger partial charge in [0, 0.05) is 42.6 Å². The van der Waals surface area contributed by atoms with E-state index in [0.29, 0.717) is 18.1 Å². The van der Waals surface area contributed by atoms with Crippen molar-refractivity contribution in [2.45, 2.75) is 87.4 Å². The average molecular weight is 509 g/mol. The van der Waals surface area contributed by atoms with Gasteiger partial charge in [0.25, 0.3) is 5.92 Å². The van der Waals surface area contributed by atoms with Gasteiger partial charge in [0.05, 0.1) is 5.56 Å². The van der Waals surface area contributed by atoms with E-state index < -0.39 is 23.4 Å². The Kier molecular flexibility index (Phi) is 5.66. The lowest BCUT2D eigenvalue weighted by Gasteiger charge is -2.46. The van der Waals surface area contributed by atoms with Gasteiger partial charge >= 0.3 is 6.18 Å². The fraction of sp³-hybridized carbons (Fsp3) is 0.615. The summed E-state index contributed by atoms with van der Waals surface area (Å²) in [5.74, 6) is -1.81. The smallest absolute Gasteiger partial charge is 0.416 e. The first-order chi connectivity index (χ1) is 17.1. The highest BCUT2D eigenvalue weighted by Gasteiger charge is 2.48. The monoisotopic (exact) mass is 508 g/mol. The van der Waals surface area contributed by atoms with Gasteiger partial charge in [-0.05, 0) is 80.7 Å². The molecular weight excluding hydrogens is 479 g/mol. The minimum absolute atomic E-state index is 0.0668. The van der Waals surface area contributed by atoms with Gasteiger partial charge in [0.1, 0.15) is 11.4 Å². The summed E-state index contributed by atoms with van der Waals surface area (Å²) in [5, 5.41) is 23.0. The highest BCUT2D eigenvalue weighted by atomic mass is 19.4. The van der Waals surface area contributed by atoms with Crippen LogP contribution in [0.3, 0.4) is 0 Å². The normalized spacial score (nSPS) is 28.0. The summed E-state index contributed by atoms with van der Waals surface area (Å²) in [4.78, 5) is 2.15. The summed E-state index contributed by atoms with van der Waals surface area (Å²) in [6.07, 6.45) is 1.11. The maximum Gasteiger partial charge on any atom is 0.416 e. The van der Waals surface area contributed by atoms with Crippen molar-refractivity contribution in [3.63, 3.8) is 0 Å². The standard InChI is InChI=1S/C26H29F5N4O/c27-25(28)11-18(12-25)35-9-1-2-17(13-35)32-24-22-15-5-3-14(4-6-15)21(22)23(33-34-24)19-8-7-16(10-20(19)36)26(29,30)31/h7-8,10,14-15,17-18,36H,1-6,9,11-13H2,(H,32,34)/t14?,15?,17-/m1/s1. The van der Waals surface area contributed by atoms with Crippen LogP contribution in [0.1, 0.15) is 79.9 Å². The lowest BCUT2D eigenvalue weighted by Crippen LogP contribution is -2.55. The first-order valence-corrected chi connectivity index (χ1v) is 12.8. The molecule has 5 aliphatic rings. The van der Waals surface area contributed by atoms with Crippen LogP contribution in [-0.4, -0.2) is 51.3 Å². The van der Waals surface area contributed by atoms with Crippen LogP contribution in [0.2, 0.25) is 0 Å².